The van der Waals surface area contributed by atoms with Gasteiger partial charge in [-0.3, -0.25) is 9.80 Å². The molecule has 1 aromatic rings. The van der Waals surface area contributed by atoms with Crippen LogP contribution in [0.1, 0.15) is 25.3 Å². The fourth-order valence-electron chi connectivity index (χ4n) is 3.08. The molecular formula is C15H22N2O. The van der Waals surface area contributed by atoms with Crippen molar-refractivity contribution in [2.24, 2.45) is 0 Å². The maximum Gasteiger partial charge on any atom is 0.128 e. The Labute approximate surface area is 109 Å². The quantitative estimate of drug-likeness (QED) is 0.860. The van der Waals surface area contributed by atoms with Crippen LogP contribution in [0.3, 0.4) is 0 Å². The first-order valence-corrected chi connectivity index (χ1v) is 6.75. The van der Waals surface area contributed by atoms with E-state index in [0.29, 0.717) is 5.54 Å². The molecule has 0 radical (unpaired) electrons. The molecular weight excluding hydrogens is 224 g/mol. The highest BCUT2D eigenvalue weighted by atomic mass is 16.3. The summed E-state index contributed by atoms with van der Waals surface area (Å²) in [6.45, 7) is 4.48. The lowest BCUT2D eigenvalue weighted by Crippen LogP contribution is -2.64. The van der Waals surface area contributed by atoms with Gasteiger partial charge < -0.3 is 5.11 Å². The lowest BCUT2D eigenvalue weighted by atomic mass is 10.0. The third kappa shape index (κ3) is 2.07. The zero-order valence-electron chi connectivity index (χ0n) is 11.3. The van der Waals surface area contributed by atoms with Crippen LogP contribution in [0, 0.1) is 0 Å². The van der Waals surface area contributed by atoms with Crippen molar-refractivity contribution in [2.75, 3.05) is 20.1 Å². The summed E-state index contributed by atoms with van der Waals surface area (Å²) in [5.74, 6) is 0. The molecule has 1 atom stereocenters. The molecule has 1 saturated carbocycles. The smallest absolute Gasteiger partial charge is 0.128 e. The van der Waals surface area contributed by atoms with E-state index in [9.17, 15) is 5.11 Å². The van der Waals surface area contributed by atoms with E-state index in [1.807, 2.05) is 13.0 Å². The zero-order valence-corrected chi connectivity index (χ0v) is 11.3. The van der Waals surface area contributed by atoms with Gasteiger partial charge in [-0.1, -0.05) is 30.3 Å². The van der Waals surface area contributed by atoms with E-state index in [1.54, 1.807) is 0 Å². The average Bonchev–Trinajstić information content (AvgIpc) is 3.08. The average molecular weight is 246 g/mol. The minimum atomic E-state index is -0.724. The number of likely N-dealkylation sites (N-methyl/N-ethyl adjacent to an activating group) is 1. The molecule has 1 aromatic carbocycles. The maximum atomic E-state index is 10.6. The predicted octanol–water partition coefficient (Wildman–Crippen LogP) is 1.68. The summed E-state index contributed by atoms with van der Waals surface area (Å²) in [5, 5.41) is 10.6. The molecule has 3 rings (SSSR count). The molecule has 2 aliphatic rings. The second-order valence-electron chi connectivity index (χ2n) is 6.14. The SMILES string of the molecule is CN1CC(C)(O)N(Cc2ccccc2)CC12CC2. The minimum absolute atomic E-state index is 0.344. The van der Waals surface area contributed by atoms with Gasteiger partial charge in [0.25, 0.3) is 0 Å². The van der Waals surface area contributed by atoms with E-state index in [1.165, 1.54) is 18.4 Å². The van der Waals surface area contributed by atoms with Crippen molar-refractivity contribution in [2.45, 2.75) is 37.6 Å². The fraction of sp³-hybridized carbons (Fsp3) is 0.600. The Balaban J connectivity index is 1.78. The number of hydrogen-bond acceptors (Lipinski definition) is 3. The third-order valence-electron chi connectivity index (χ3n) is 4.56. The molecule has 0 aromatic heterocycles. The summed E-state index contributed by atoms with van der Waals surface area (Å²) in [6.07, 6.45) is 2.54. The molecule has 1 unspecified atom stereocenters. The molecule has 1 saturated heterocycles. The Morgan fingerprint density at radius 2 is 1.83 bits per heavy atom. The van der Waals surface area contributed by atoms with Gasteiger partial charge in [0.1, 0.15) is 5.72 Å². The molecule has 1 aliphatic carbocycles. The highest BCUT2D eigenvalue weighted by molar-refractivity contribution is 5.17. The van der Waals surface area contributed by atoms with E-state index in [-0.39, 0.29) is 0 Å². The lowest BCUT2D eigenvalue weighted by Gasteiger charge is -2.49. The molecule has 1 N–H and O–H groups in total. The second kappa shape index (κ2) is 4.05. The number of piperazine rings is 1. The Morgan fingerprint density at radius 1 is 1.17 bits per heavy atom. The topological polar surface area (TPSA) is 26.7 Å². The van der Waals surface area contributed by atoms with Crippen LogP contribution in [0.4, 0.5) is 0 Å². The number of aliphatic hydroxyl groups is 1. The highest BCUT2D eigenvalue weighted by Crippen LogP contribution is 2.46. The first-order valence-electron chi connectivity index (χ1n) is 6.75. The summed E-state index contributed by atoms with van der Waals surface area (Å²) in [6, 6.07) is 10.4. The number of hydrogen-bond donors (Lipinski definition) is 1. The number of nitrogens with zero attached hydrogens (tertiary/aromatic N) is 2. The third-order valence-corrected chi connectivity index (χ3v) is 4.56. The number of rotatable bonds is 2. The standard InChI is InChI=1S/C15H22N2O/c1-14(18)11-16(2)15(8-9-15)12-17(14)10-13-6-4-3-5-7-13/h3-7,18H,8-12H2,1-2H3. The fourth-order valence-corrected chi connectivity index (χ4v) is 3.08. The van der Waals surface area contributed by atoms with Gasteiger partial charge in [0, 0.05) is 25.2 Å². The van der Waals surface area contributed by atoms with Crippen LogP contribution in [0.25, 0.3) is 0 Å². The monoisotopic (exact) mass is 246 g/mol. The van der Waals surface area contributed by atoms with Crippen LogP contribution in [0.5, 0.6) is 0 Å². The predicted molar refractivity (Wildman–Crippen MR) is 72.1 cm³/mol. The largest absolute Gasteiger partial charge is 0.375 e. The van der Waals surface area contributed by atoms with Crippen molar-refractivity contribution in [1.29, 1.82) is 0 Å². The van der Waals surface area contributed by atoms with Gasteiger partial charge in [0.15, 0.2) is 0 Å². The maximum absolute atomic E-state index is 10.6. The van der Waals surface area contributed by atoms with Crippen LogP contribution < -0.4 is 0 Å². The van der Waals surface area contributed by atoms with Crippen molar-refractivity contribution in [3.8, 4) is 0 Å². The second-order valence-corrected chi connectivity index (χ2v) is 6.14. The summed E-state index contributed by atoms with van der Waals surface area (Å²) in [7, 11) is 2.14. The summed E-state index contributed by atoms with van der Waals surface area (Å²) in [5.41, 5.74) is 0.897. The van der Waals surface area contributed by atoms with E-state index < -0.39 is 5.72 Å². The van der Waals surface area contributed by atoms with E-state index in [0.717, 1.165) is 19.6 Å². The molecule has 1 aliphatic heterocycles. The van der Waals surface area contributed by atoms with E-state index in [4.69, 9.17) is 0 Å². The van der Waals surface area contributed by atoms with Crippen LogP contribution in [-0.2, 0) is 6.54 Å². The first-order chi connectivity index (χ1) is 8.52. The van der Waals surface area contributed by atoms with E-state index in [2.05, 4.69) is 41.1 Å². The molecule has 1 heterocycles. The van der Waals surface area contributed by atoms with Gasteiger partial charge in [0.05, 0.1) is 0 Å². The molecule has 3 nitrogen and oxygen atoms in total. The molecule has 0 bridgehead atoms. The molecule has 98 valence electrons. The first kappa shape index (κ1) is 12.2. The minimum Gasteiger partial charge on any atom is -0.375 e. The normalized spacial score (nSPS) is 31.7. The molecule has 0 amide bonds. The van der Waals surface area contributed by atoms with Gasteiger partial charge in [-0.05, 0) is 32.4 Å². The zero-order chi connectivity index (χ0) is 12.8. The molecule has 18 heavy (non-hydrogen) atoms. The molecule has 1 spiro atoms. The Hall–Kier alpha value is -0.900. The van der Waals surface area contributed by atoms with Crippen molar-refractivity contribution >= 4 is 0 Å². The van der Waals surface area contributed by atoms with Gasteiger partial charge in [-0.25, -0.2) is 0 Å². The Kier molecular flexibility index (Phi) is 2.73. The van der Waals surface area contributed by atoms with Crippen LogP contribution >= 0.6 is 0 Å². The van der Waals surface area contributed by atoms with Crippen LogP contribution in [0.15, 0.2) is 30.3 Å². The number of β-amino-alcohol motifs (C(OH)–C–C–N with tert-alkyl or cyclic N) is 1. The van der Waals surface area contributed by atoms with Gasteiger partial charge in [0.2, 0.25) is 0 Å². The summed E-state index contributed by atoms with van der Waals surface area (Å²) in [4.78, 5) is 4.57. The summed E-state index contributed by atoms with van der Waals surface area (Å²) < 4.78 is 0. The van der Waals surface area contributed by atoms with Crippen LogP contribution in [-0.4, -0.2) is 46.3 Å². The van der Waals surface area contributed by atoms with Gasteiger partial charge in [-0.2, -0.15) is 0 Å². The highest BCUT2D eigenvalue weighted by Gasteiger charge is 2.54. The lowest BCUT2D eigenvalue weighted by molar-refractivity contribution is -0.159. The van der Waals surface area contributed by atoms with Crippen molar-refractivity contribution in [3.63, 3.8) is 0 Å². The Bertz CT molecular complexity index is 425. The van der Waals surface area contributed by atoms with Gasteiger partial charge in [-0.15, -0.1) is 0 Å². The van der Waals surface area contributed by atoms with Gasteiger partial charge >= 0.3 is 0 Å². The molecule has 3 heteroatoms. The summed E-state index contributed by atoms with van der Waals surface area (Å²) >= 11 is 0. The number of benzene rings is 1. The van der Waals surface area contributed by atoms with E-state index >= 15 is 0 Å². The van der Waals surface area contributed by atoms with Crippen LogP contribution in [0.2, 0.25) is 0 Å². The van der Waals surface area contributed by atoms with Crippen molar-refractivity contribution in [1.82, 2.24) is 9.80 Å². The Morgan fingerprint density at radius 3 is 2.44 bits per heavy atom. The van der Waals surface area contributed by atoms with Crippen molar-refractivity contribution in [3.05, 3.63) is 35.9 Å². The van der Waals surface area contributed by atoms with Crippen molar-refractivity contribution < 1.29 is 5.11 Å². The molecule has 2 fully saturated rings.